The van der Waals surface area contributed by atoms with E-state index in [1.54, 1.807) is 6.07 Å². The molecule has 1 unspecified atom stereocenters. The highest BCUT2D eigenvalue weighted by molar-refractivity contribution is 5.48. The average Bonchev–Trinajstić information content (AvgIpc) is 2.82. The molecule has 0 radical (unpaired) electrons. The van der Waals surface area contributed by atoms with Crippen LogP contribution in [-0.2, 0) is 16.1 Å². The first kappa shape index (κ1) is 14.0. The molecule has 1 aromatic heterocycles. The number of nitrogens with one attached hydrogen (secondary N) is 2. The van der Waals surface area contributed by atoms with Crippen LogP contribution in [0.25, 0.3) is 0 Å². The Bertz CT molecular complexity index is 421. The van der Waals surface area contributed by atoms with Gasteiger partial charge in [-0.3, -0.25) is 0 Å². The summed E-state index contributed by atoms with van der Waals surface area (Å²) < 4.78 is 10.7. The van der Waals surface area contributed by atoms with E-state index in [2.05, 4.69) is 27.6 Å². The first-order chi connectivity index (χ1) is 9.15. The number of ether oxygens (including phenoxy) is 2. The summed E-state index contributed by atoms with van der Waals surface area (Å²) in [5.74, 6) is 7.32. The van der Waals surface area contributed by atoms with Crippen molar-refractivity contribution in [2.24, 2.45) is 5.84 Å². The summed E-state index contributed by atoms with van der Waals surface area (Å²) in [5, 5.41) is 3.38. The molecule has 1 aromatic rings. The van der Waals surface area contributed by atoms with Crippen molar-refractivity contribution in [2.75, 3.05) is 30.6 Å². The number of rotatable bonds is 6. The van der Waals surface area contributed by atoms with Gasteiger partial charge in [-0.15, -0.1) is 0 Å². The largest absolute Gasteiger partial charge is 0.379 e. The lowest BCUT2D eigenvalue weighted by molar-refractivity contribution is 0.128. The van der Waals surface area contributed by atoms with Crippen LogP contribution in [0.4, 0.5) is 11.6 Å². The number of hydrogen-bond acceptors (Lipinski definition) is 7. The topological polar surface area (TPSA) is 94.3 Å². The quantitative estimate of drug-likeness (QED) is 0.520. The summed E-state index contributed by atoms with van der Waals surface area (Å²) in [6.07, 6.45) is 0.948. The molecule has 19 heavy (non-hydrogen) atoms. The molecule has 106 valence electrons. The smallest absolute Gasteiger partial charge is 0.158 e. The lowest BCUT2D eigenvalue weighted by Crippen LogP contribution is -2.35. The van der Waals surface area contributed by atoms with Gasteiger partial charge in [-0.1, -0.05) is 0 Å². The summed E-state index contributed by atoms with van der Waals surface area (Å²) in [4.78, 5) is 8.67. The Labute approximate surface area is 112 Å². The summed E-state index contributed by atoms with van der Waals surface area (Å²) in [7, 11) is 0. The molecule has 4 N–H and O–H groups in total. The lowest BCUT2D eigenvalue weighted by Gasteiger charge is -2.24. The van der Waals surface area contributed by atoms with Crippen LogP contribution in [0.3, 0.4) is 0 Å². The fourth-order valence-corrected chi connectivity index (χ4v) is 1.97. The zero-order valence-corrected chi connectivity index (χ0v) is 11.4. The first-order valence-corrected chi connectivity index (χ1v) is 6.43. The first-order valence-electron chi connectivity index (χ1n) is 6.43. The number of hydrazine groups is 1. The van der Waals surface area contributed by atoms with Crippen LogP contribution in [0.15, 0.2) is 6.07 Å². The second-order valence-corrected chi connectivity index (χ2v) is 4.82. The highest BCUT2D eigenvalue weighted by Crippen LogP contribution is 2.23. The molecule has 1 saturated heterocycles. The van der Waals surface area contributed by atoms with E-state index in [0.29, 0.717) is 31.5 Å². The molecule has 0 amide bonds. The number of aromatic nitrogens is 2. The summed E-state index contributed by atoms with van der Waals surface area (Å²) >= 11 is 0. The van der Waals surface area contributed by atoms with Gasteiger partial charge in [0.1, 0.15) is 18.2 Å². The van der Waals surface area contributed by atoms with Gasteiger partial charge in [-0.25, -0.2) is 15.8 Å². The van der Waals surface area contributed by atoms with Gasteiger partial charge in [0.2, 0.25) is 0 Å². The Hall–Kier alpha value is -1.44. The molecule has 7 nitrogen and oxygen atoms in total. The Balaban J connectivity index is 2.14. The SMILES string of the molecule is CCOCc1nc(NN)cc(NC2(C)CCOC2)n1. The van der Waals surface area contributed by atoms with Gasteiger partial charge in [0.25, 0.3) is 0 Å². The fraction of sp³-hybridized carbons (Fsp3) is 0.667. The average molecular weight is 267 g/mol. The van der Waals surface area contributed by atoms with E-state index in [4.69, 9.17) is 15.3 Å². The van der Waals surface area contributed by atoms with Crippen molar-refractivity contribution in [3.8, 4) is 0 Å². The molecule has 0 aromatic carbocycles. The number of anilines is 2. The number of nitrogen functional groups attached to an aromatic ring is 1. The van der Waals surface area contributed by atoms with Gasteiger partial charge in [0.05, 0.1) is 12.1 Å². The van der Waals surface area contributed by atoms with Crippen molar-refractivity contribution >= 4 is 11.6 Å². The van der Waals surface area contributed by atoms with Crippen LogP contribution in [0.2, 0.25) is 0 Å². The minimum Gasteiger partial charge on any atom is -0.379 e. The van der Waals surface area contributed by atoms with E-state index >= 15 is 0 Å². The molecule has 1 fully saturated rings. The van der Waals surface area contributed by atoms with Gasteiger partial charge in [-0.05, 0) is 20.3 Å². The van der Waals surface area contributed by atoms with Crippen LogP contribution in [0, 0.1) is 0 Å². The molecule has 0 saturated carbocycles. The predicted octanol–water partition coefficient (Wildman–Crippen LogP) is 0.890. The summed E-state index contributed by atoms with van der Waals surface area (Å²) in [6.45, 7) is 6.47. The molecule has 1 aliphatic heterocycles. The Morgan fingerprint density at radius 1 is 1.47 bits per heavy atom. The van der Waals surface area contributed by atoms with Crippen molar-refractivity contribution in [3.63, 3.8) is 0 Å². The van der Waals surface area contributed by atoms with Gasteiger partial charge in [-0.2, -0.15) is 0 Å². The molecule has 0 spiro atoms. The monoisotopic (exact) mass is 267 g/mol. The maximum atomic E-state index is 5.42. The third-order valence-electron chi connectivity index (χ3n) is 3.00. The third kappa shape index (κ3) is 3.76. The van der Waals surface area contributed by atoms with Crippen molar-refractivity contribution in [1.29, 1.82) is 0 Å². The van der Waals surface area contributed by atoms with E-state index in [9.17, 15) is 0 Å². The molecule has 0 aliphatic carbocycles. The van der Waals surface area contributed by atoms with E-state index in [-0.39, 0.29) is 5.54 Å². The molecule has 2 heterocycles. The van der Waals surface area contributed by atoms with Crippen molar-refractivity contribution < 1.29 is 9.47 Å². The van der Waals surface area contributed by atoms with Crippen LogP contribution >= 0.6 is 0 Å². The molecule has 7 heteroatoms. The van der Waals surface area contributed by atoms with Crippen LogP contribution in [-0.4, -0.2) is 35.3 Å². The molecular weight excluding hydrogens is 246 g/mol. The van der Waals surface area contributed by atoms with Gasteiger partial charge in [0, 0.05) is 19.3 Å². The second kappa shape index (κ2) is 6.14. The Morgan fingerprint density at radius 3 is 2.89 bits per heavy atom. The van der Waals surface area contributed by atoms with E-state index in [1.165, 1.54) is 0 Å². The van der Waals surface area contributed by atoms with E-state index in [0.717, 1.165) is 18.8 Å². The fourth-order valence-electron chi connectivity index (χ4n) is 1.97. The lowest BCUT2D eigenvalue weighted by atomic mass is 10.0. The van der Waals surface area contributed by atoms with Crippen LogP contribution in [0.1, 0.15) is 26.1 Å². The zero-order valence-electron chi connectivity index (χ0n) is 11.4. The minimum absolute atomic E-state index is 0.0941. The summed E-state index contributed by atoms with van der Waals surface area (Å²) in [6, 6.07) is 1.78. The number of hydrogen-bond donors (Lipinski definition) is 3. The van der Waals surface area contributed by atoms with Gasteiger partial charge >= 0.3 is 0 Å². The summed E-state index contributed by atoms with van der Waals surface area (Å²) in [5.41, 5.74) is 2.45. The van der Waals surface area contributed by atoms with Crippen molar-refractivity contribution in [2.45, 2.75) is 32.4 Å². The van der Waals surface area contributed by atoms with E-state index in [1.807, 2.05) is 6.92 Å². The predicted molar refractivity (Wildman–Crippen MR) is 72.6 cm³/mol. The Morgan fingerprint density at radius 2 is 2.26 bits per heavy atom. The van der Waals surface area contributed by atoms with Crippen molar-refractivity contribution in [1.82, 2.24) is 9.97 Å². The second-order valence-electron chi connectivity index (χ2n) is 4.82. The maximum Gasteiger partial charge on any atom is 0.158 e. The molecular formula is C12H21N5O2. The van der Waals surface area contributed by atoms with E-state index < -0.39 is 0 Å². The maximum absolute atomic E-state index is 5.42. The standard InChI is InChI=1S/C12H21N5O2/c1-3-18-7-11-14-9(6-10(15-11)17-13)16-12(2)4-5-19-8-12/h6H,3-5,7-8,13H2,1-2H3,(H2,14,15,16,17). The highest BCUT2D eigenvalue weighted by Gasteiger charge is 2.30. The highest BCUT2D eigenvalue weighted by atomic mass is 16.5. The van der Waals surface area contributed by atoms with Gasteiger partial charge < -0.3 is 20.2 Å². The number of nitrogens with zero attached hydrogens (tertiary/aromatic N) is 2. The van der Waals surface area contributed by atoms with Crippen LogP contribution < -0.4 is 16.6 Å². The third-order valence-corrected chi connectivity index (χ3v) is 3.00. The molecule has 0 bridgehead atoms. The molecule has 2 rings (SSSR count). The Kier molecular flexibility index (Phi) is 4.52. The van der Waals surface area contributed by atoms with Crippen LogP contribution in [0.5, 0.6) is 0 Å². The normalized spacial score (nSPS) is 22.5. The molecule has 1 atom stereocenters. The number of nitrogens with two attached hydrogens (primary N) is 1. The minimum atomic E-state index is -0.0941. The van der Waals surface area contributed by atoms with Gasteiger partial charge in [0.15, 0.2) is 5.82 Å². The van der Waals surface area contributed by atoms with Crippen molar-refractivity contribution in [3.05, 3.63) is 11.9 Å². The molecule has 1 aliphatic rings. The zero-order chi connectivity index (χ0) is 13.7.